The SMILES string of the molecule is CCCC/C=C(\C)[C@@H]1CC[C@H]2[C@H](Cc3ccc(I)cc3)[C@H](O)C[C@@H](C)[C@]2(C)C1. The number of halogens is 1. The van der Waals surface area contributed by atoms with Crippen molar-refractivity contribution in [2.75, 3.05) is 0 Å². The highest BCUT2D eigenvalue weighted by atomic mass is 127. The van der Waals surface area contributed by atoms with Crippen LogP contribution < -0.4 is 0 Å². The lowest BCUT2D eigenvalue weighted by Crippen LogP contribution is -2.52. The molecule has 0 heterocycles. The zero-order chi connectivity index (χ0) is 20.3. The Labute approximate surface area is 186 Å². The molecule has 0 bridgehead atoms. The first-order valence-electron chi connectivity index (χ1n) is 11.4. The molecule has 0 amide bonds. The summed E-state index contributed by atoms with van der Waals surface area (Å²) >= 11 is 2.37. The highest BCUT2D eigenvalue weighted by Gasteiger charge is 2.52. The van der Waals surface area contributed by atoms with Crippen LogP contribution in [0.1, 0.15) is 78.2 Å². The van der Waals surface area contributed by atoms with Gasteiger partial charge in [-0.1, -0.05) is 57.4 Å². The number of hydrogen-bond donors (Lipinski definition) is 1. The number of aliphatic hydroxyl groups excluding tert-OH is 1. The molecule has 156 valence electrons. The molecule has 1 nitrogen and oxygen atoms in total. The summed E-state index contributed by atoms with van der Waals surface area (Å²) < 4.78 is 1.29. The molecule has 6 atom stereocenters. The Hall–Kier alpha value is -0.350. The van der Waals surface area contributed by atoms with Crippen molar-refractivity contribution in [1.82, 2.24) is 0 Å². The molecule has 1 aromatic carbocycles. The molecule has 1 aromatic rings. The second-order valence-electron chi connectivity index (χ2n) is 9.88. The van der Waals surface area contributed by atoms with E-state index in [9.17, 15) is 5.11 Å². The zero-order valence-electron chi connectivity index (χ0n) is 18.3. The van der Waals surface area contributed by atoms with Gasteiger partial charge in [0.15, 0.2) is 0 Å². The van der Waals surface area contributed by atoms with Gasteiger partial charge >= 0.3 is 0 Å². The molecule has 0 spiro atoms. The molecule has 2 aliphatic carbocycles. The van der Waals surface area contributed by atoms with Gasteiger partial charge in [-0.3, -0.25) is 0 Å². The molecular formula is C26H39IO. The molecule has 2 saturated carbocycles. The van der Waals surface area contributed by atoms with Gasteiger partial charge in [-0.05, 0) is 115 Å². The third-order valence-corrected chi connectivity index (χ3v) is 8.86. The number of benzene rings is 1. The smallest absolute Gasteiger partial charge is 0.0577 e. The van der Waals surface area contributed by atoms with Crippen LogP contribution in [0.4, 0.5) is 0 Å². The number of rotatable bonds is 6. The van der Waals surface area contributed by atoms with Crippen molar-refractivity contribution >= 4 is 22.6 Å². The van der Waals surface area contributed by atoms with Crippen LogP contribution in [-0.4, -0.2) is 11.2 Å². The molecule has 28 heavy (non-hydrogen) atoms. The fourth-order valence-corrected chi connectivity index (χ4v) is 6.46. The van der Waals surface area contributed by atoms with Gasteiger partial charge in [0, 0.05) is 3.57 Å². The molecule has 3 rings (SSSR count). The lowest BCUT2D eigenvalue weighted by Gasteiger charge is -2.56. The van der Waals surface area contributed by atoms with Crippen LogP contribution >= 0.6 is 22.6 Å². The second-order valence-corrected chi connectivity index (χ2v) is 11.1. The summed E-state index contributed by atoms with van der Waals surface area (Å²) in [7, 11) is 0. The van der Waals surface area contributed by atoms with Gasteiger partial charge < -0.3 is 5.11 Å². The minimum Gasteiger partial charge on any atom is -0.393 e. The van der Waals surface area contributed by atoms with Crippen LogP contribution in [0.3, 0.4) is 0 Å². The van der Waals surface area contributed by atoms with Crippen LogP contribution in [0, 0.1) is 32.7 Å². The maximum atomic E-state index is 11.0. The highest BCUT2D eigenvalue weighted by molar-refractivity contribution is 14.1. The maximum Gasteiger partial charge on any atom is 0.0577 e. The number of hydrogen-bond acceptors (Lipinski definition) is 1. The van der Waals surface area contributed by atoms with Gasteiger partial charge in [-0.25, -0.2) is 0 Å². The summed E-state index contributed by atoms with van der Waals surface area (Å²) in [6, 6.07) is 8.93. The Morgan fingerprint density at radius 2 is 1.96 bits per heavy atom. The van der Waals surface area contributed by atoms with Gasteiger partial charge in [0.05, 0.1) is 6.10 Å². The van der Waals surface area contributed by atoms with E-state index in [0.29, 0.717) is 23.2 Å². The lowest BCUT2D eigenvalue weighted by molar-refractivity contribution is -0.105. The van der Waals surface area contributed by atoms with E-state index >= 15 is 0 Å². The predicted octanol–water partition coefficient (Wildman–Crippen LogP) is 7.41. The van der Waals surface area contributed by atoms with Gasteiger partial charge in [-0.15, -0.1) is 0 Å². The fraction of sp³-hybridized carbons (Fsp3) is 0.692. The molecule has 2 heteroatoms. The first kappa shape index (κ1) is 22.3. The number of allylic oxidation sites excluding steroid dienone is 2. The topological polar surface area (TPSA) is 20.2 Å². The summed E-state index contributed by atoms with van der Waals surface area (Å²) in [5.41, 5.74) is 3.37. The molecular weight excluding hydrogens is 455 g/mol. The number of unbranched alkanes of at least 4 members (excludes halogenated alkanes) is 2. The highest BCUT2D eigenvalue weighted by Crippen LogP contribution is 2.58. The minimum absolute atomic E-state index is 0.148. The molecule has 1 N–H and O–H groups in total. The maximum absolute atomic E-state index is 11.0. The monoisotopic (exact) mass is 494 g/mol. The van der Waals surface area contributed by atoms with Crippen LogP contribution in [0.5, 0.6) is 0 Å². The number of fused-ring (bicyclic) bond motifs is 1. The average molecular weight is 495 g/mol. The Balaban J connectivity index is 1.76. The first-order valence-corrected chi connectivity index (χ1v) is 12.5. The third-order valence-electron chi connectivity index (χ3n) is 8.14. The Bertz CT molecular complexity index is 664. The van der Waals surface area contributed by atoms with Gasteiger partial charge in [-0.2, -0.15) is 0 Å². The van der Waals surface area contributed by atoms with Gasteiger partial charge in [0.2, 0.25) is 0 Å². The lowest BCUT2D eigenvalue weighted by atomic mass is 9.49. The van der Waals surface area contributed by atoms with E-state index in [-0.39, 0.29) is 6.10 Å². The Morgan fingerprint density at radius 3 is 2.64 bits per heavy atom. The van der Waals surface area contributed by atoms with Crippen LogP contribution in [0.25, 0.3) is 0 Å². The fourth-order valence-electron chi connectivity index (χ4n) is 6.10. The average Bonchev–Trinajstić information content (AvgIpc) is 2.67. The van der Waals surface area contributed by atoms with Crippen molar-refractivity contribution in [2.45, 2.75) is 85.2 Å². The van der Waals surface area contributed by atoms with Crippen LogP contribution in [0.2, 0.25) is 0 Å². The van der Waals surface area contributed by atoms with Crippen molar-refractivity contribution in [3.05, 3.63) is 45.0 Å². The molecule has 2 fully saturated rings. The molecule has 0 radical (unpaired) electrons. The second kappa shape index (κ2) is 9.64. The van der Waals surface area contributed by atoms with E-state index in [4.69, 9.17) is 0 Å². The largest absolute Gasteiger partial charge is 0.393 e. The summed E-state index contributed by atoms with van der Waals surface area (Å²) in [5, 5.41) is 11.0. The standard InChI is InChI=1S/C26H39IO/c1-5-6-7-8-18(2)21-11-14-24-23(16-20-9-12-22(27)13-10-20)25(28)15-19(3)26(24,4)17-21/h8-10,12-13,19,21,23-25,28H,5-7,11,14-17H2,1-4H3/b18-8+/t19-,21-,23+,24+,25-,26+/m1/s1. The van der Waals surface area contributed by atoms with E-state index in [1.54, 1.807) is 5.57 Å². The molecule has 2 aliphatic rings. The summed E-state index contributed by atoms with van der Waals surface area (Å²) in [6.45, 7) is 9.59. The first-order chi connectivity index (χ1) is 13.3. The normalized spacial score (nSPS) is 36.2. The summed E-state index contributed by atoms with van der Waals surface area (Å²) in [6.07, 6.45) is 12.1. The Morgan fingerprint density at radius 1 is 1.25 bits per heavy atom. The van der Waals surface area contributed by atoms with Crippen molar-refractivity contribution in [1.29, 1.82) is 0 Å². The molecule has 0 aromatic heterocycles. The van der Waals surface area contributed by atoms with Crippen molar-refractivity contribution in [3.63, 3.8) is 0 Å². The minimum atomic E-state index is -0.148. The third kappa shape index (κ3) is 4.86. The van der Waals surface area contributed by atoms with E-state index in [2.05, 4.69) is 80.6 Å². The Kier molecular flexibility index (Phi) is 7.69. The summed E-state index contributed by atoms with van der Waals surface area (Å²) in [4.78, 5) is 0. The van der Waals surface area contributed by atoms with E-state index < -0.39 is 0 Å². The predicted molar refractivity (Wildman–Crippen MR) is 128 cm³/mol. The van der Waals surface area contributed by atoms with E-state index in [0.717, 1.165) is 18.8 Å². The molecule has 0 saturated heterocycles. The van der Waals surface area contributed by atoms with Gasteiger partial charge in [0.25, 0.3) is 0 Å². The van der Waals surface area contributed by atoms with E-state index in [1.807, 2.05) is 0 Å². The zero-order valence-corrected chi connectivity index (χ0v) is 20.4. The van der Waals surface area contributed by atoms with Crippen LogP contribution in [-0.2, 0) is 6.42 Å². The summed E-state index contributed by atoms with van der Waals surface area (Å²) in [5.74, 6) is 2.40. The van der Waals surface area contributed by atoms with Crippen molar-refractivity contribution in [2.24, 2.45) is 29.1 Å². The quantitative estimate of drug-likeness (QED) is 0.248. The van der Waals surface area contributed by atoms with E-state index in [1.165, 1.54) is 47.7 Å². The number of aliphatic hydroxyl groups is 1. The van der Waals surface area contributed by atoms with Crippen molar-refractivity contribution < 1.29 is 5.11 Å². The van der Waals surface area contributed by atoms with Gasteiger partial charge in [0.1, 0.15) is 0 Å². The van der Waals surface area contributed by atoms with Crippen molar-refractivity contribution in [3.8, 4) is 0 Å². The van der Waals surface area contributed by atoms with Crippen LogP contribution in [0.15, 0.2) is 35.9 Å². The molecule has 0 unspecified atom stereocenters. The molecule has 0 aliphatic heterocycles.